The van der Waals surface area contributed by atoms with E-state index >= 15 is 0 Å². The van der Waals surface area contributed by atoms with E-state index in [-0.39, 0.29) is 24.0 Å². The topological polar surface area (TPSA) is 69.8 Å². The van der Waals surface area contributed by atoms with Crippen LogP contribution in [0.4, 0.5) is 5.69 Å². The zero-order chi connectivity index (χ0) is 19.2. The van der Waals surface area contributed by atoms with Crippen molar-refractivity contribution in [2.24, 2.45) is 4.99 Å². The van der Waals surface area contributed by atoms with Crippen LogP contribution in [0.15, 0.2) is 59.7 Å². The van der Waals surface area contributed by atoms with E-state index in [1.54, 1.807) is 0 Å². The number of pyridine rings is 1. The SMILES string of the molecule is CCNC(=NCCc1nnc2ccccn12)NC1CCN(c2ccccc2)C1.I. The Hall–Kier alpha value is -2.36. The predicted octanol–water partition coefficient (Wildman–Crippen LogP) is 2.72. The molecule has 1 atom stereocenters. The van der Waals surface area contributed by atoms with Gasteiger partial charge in [-0.3, -0.25) is 9.39 Å². The van der Waals surface area contributed by atoms with Crippen LogP contribution in [0.25, 0.3) is 5.65 Å². The molecule has 0 amide bonds. The summed E-state index contributed by atoms with van der Waals surface area (Å²) < 4.78 is 2.02. The second-order valence-electron chi connectivity index (χ2n) is 6.97. The second kappa shape index (κ2) is 10.4. The Balaban J connectivity index is 0.00000240. The summed E-state index contributed by atoms with van der Waals surface area (Å²) in [6.07, 6.45) is 3.85. The molecule has 154 valence electrons. The van der Waals surface area contributed by atoms with Crippen molar-refractivity contribution < 1.29 is 0 Å². The van der Waals surface area contributed by atoms with Gasteiger partial charge in [0.25, 0.3) is 0 Å². The predicted molar refractivity (Wildman–Crippen MR) is 128 cm³/mol. The number of benzene rings is 1. The zero-order valence-electron chi connectivity index (χ0n) is 16.7. The van der Waals surface area contributed by atoms with Crippen molar-refractivity contribution >= 4 is 41.3 Å². The Morgan fingerprint density at radius 2 is 1.97 bits per heavy atom. The third kappa shape index (κ3) is 5.37. The highest BCUT2D eigenvalue weighted by Crippen LogP contribution is 2.19. The number of halogens is 1. The minimum atomic E-state index is 0. The quantitative estimate of drug-likeness (QED) is 0.307. The summed E-state index contributed by atoms with van der Waals surface area (Å²) in [5, 5.41) is 15.4. The van der Waals surface area contributed by atoms with Gasteiger partial charge in [-0.2, -0.15) is 0 Å². The Bertz CT molecular complexity index is 925. The lowest BCUT2D eigenvalue weighted by molar-refractivity contribution is 0.648. The molecule has 1 saturated heterocycles. The Morgan fingerprint density at radius 1 is 1.14 bits per heavy atom. The van der Waals surface area contributed by atoms with Crippen LogP contribution in [0.3, 0.4) is 0 Å². The molecule has 0 aliphatic carbocycles. The lowest BCUT2D eigenvalue weighted by Gasteiger charge is -2.20. The number of aromatic nitrogens is 3. The minimum Gasteiger partial charge on any atom is -0.369 e. The summed E-state index contributed by atoms with van der Waals surface area (Å²) in [6, 6.07) is 16.9. The molecule has 1 aliphatic rings. The van der Waals surface area contributed by atoms with E-state index in [1.165, 1.54) is 5.69 Å². The van der Waals surface area contributed by atoms with Crippen LogP contribution in [-0.4, -0.2) is 52.8 Å². The average Bonchev–Trinajstić information content (AvgIpc) is 3.36. The molecule has 29 heavy (non-hydrogen) atoms. The lowest BCUT2D eigenvalue weighted by Crippen LogP contribution is -2.44. The molecule has 1 aliphatic heterocycles. The van der Waals surface area contributed by atoms with Crippen LogP contribution in [0, 0.1) is 0 Å². The fraction of sp³-hybridized carbons (Fsp3) is 0.381. The smallest absolute Gasteiger partial charge is 0.191 e. The monoisotopic (exact) mass is 505 g/mol. The maximum atomic E-state index is 4.75. The number of nitrogens with one attached hydrogen (secondary N) is 2. The van der Waals surface area contributed by atoms with Gasteiger partial charge in [0.1, 0.15) is 5.82 Å². The molecule has 8 heteroatoms. The summed E-state index contributed by atoms with van der Waals surface area (Å²) >= 11 is 0. The number of rotatable bonds is 6. The highest BCUT2D eigenvalue weighted by atomic mass is 127. The lowest BCUT2D eigenvalue weighted by atomic mass is 10.3. The van der Waals surface area contributed by atoms with Crippen molar-refractivity contribution in [3.05, 3.63) is 60.6 Å². The second-order valence-corrected chi connectivity index (χ2v) is 6.97. The van der Waals surface area contributed by atoms with Gasteiger partial charge >= 0.3 is 0 Å². The zero-order valence-corrected chi connectivity index (χ0v) is 19.0. The molecule has 1 unspecified atom stereocenters. The summed E-state index contributed by atoms with van der Waals surface area (Å²) in [6.45, 7) is 5.65. The molecule has 7 nitrogen and oxygen atoms in total. The maximum absolute atomic E-state index is 4.75. The Morgan fingerprint density at radius 3 is 2.79 bits per heavy atom. The molecule has 0 saturated carbocycles. The van der Waals surface area contributed by atoms with Gasteiger partial charge in [-0.1, -0.05) is 24.3 Å². The number of hydrogen-bond acceptors (Lipinski definition) is 4. The first-order chi connectivity index (χ1) is 13.8. The van der Waals surface area contributed by atoms with Crippen molar-refractivity contribution in [2.45, 2.75) is 25.8 Å². The first-order valence-electron chi connectivity index (χ1n) is 9.97. The number of guanidine groups is 1. The molecule has 2 aromatic heterocycles. The van der Waals surface area contributed by atoms with Gasteiger partial charge in [0, 0.05) is 50.5 Å². The van der Waals surface area contributed by atoms with Crippen molar-refractivity contribution in [3.63, 3.8) is 0 Å². The Labute approximate surface area is 188 Å². The van der Waals surface area contributed by atoms with Gasteiger partial charge in [0.2, 0.25) is 0 Å². The van der Waals surface area contributed by atoms with Crippen LogP contribution in [-0.2, 0) is 6.42 Å². The summed E-state index contributed by atoms with van der Waals surface area (Å²) in [7, 11) is 0. The van der Waals surface area contributed by atoms with Crippen molar-refractivity contribution in [3.8, 4) is 0 Å². The number of para-hydroxylation sites is 1. The number of nitrogens with zero attached hydrogens (tertiary/aromatic N) is 5. The first-order valence-corrected chi connectivity index (χ1v) is 9.97. The van der Waals surface area contributed by atoms with Crippen LogP contribution in [0.5, 0.6) is 0 Å². The molecule has 2 N–H and O–H groups in total. The standard InChI is InChI=1S/C21H27N7.HI/c1-2-22-21(23-13-11-20-26-25-19-10-6-7-14-28(19)20)24-17-12-15-27(16-17)18-8-4-3-5-9-18;/h3-10,14,17H,2,11-13,15-16H2,1H3,(H2,22,23,24);1H. The fourth-order valence-electron chi connectivity index (χ4n) is 3.59. The van der Waals surface area contributed by atoms with Gasteiger partial charge < -0.3 is 15.5 Å². The highest BCUT2D eigenvalue weighted by Gasteiger charge is 2.23. The normalized spacial score (nSPS) is 16.7. The molecule has 0 spiro atoms. The summed E-state index contributed by atoms with van der Waals surface area (Å²) in [5.41, 5.74) is 2.16. The molecular weight excluding hydrogens is 477 g/mol. The average molecular weight is 505 g/mol. The molecular formula is C21H28IN7. The molecule has 1 fully saturated rings. The van der Waals surface area contributed by atoms with E-state index in [4.69, 9.17) is 4.99 Å². The molecule has 1 aromatic carbocycles. The summed E-state index contributed by atoms with van der Waals surface area (Å²) in [4.78, 5) is 7.17. The largest absolute Gasteiger partial charge is 0.369 e. The molecule has 0 bridgehead atoms. The number of aliphatic imine (C=N–C) groups is 1. The van der Waals surface area contributed by atoms with Gasteiger partial charge in [-0.15, -0.1) is 34.2 Å². The molecule has 0 radical (unpaired) electrons. The van der Waals surface area contributed by atoms with Crippen LogP contribution in [0.2, 0.25) is 0 Å². The van der Waals surface area contributed by atoms with Crippen molar-refractivity contribution in [1.82, 2.24) is 25.2 Å². The molecule has 3 aromatic rings. The summed E-state index contributed by atoms with van der Waals surface area (Å²) in [5.74, 6) is 1.81. The maximum Gasteiger partial charge on any atom is 0.191 e. The number of hydrogen-bond donors (Lipinski definition) is 2. The van der Waals surface area contributed by atoms with Crippen LogP contribution < -0.4 is 15.5 Å². The first kappa shape index (κ1) is 21.4. The van der Waals surface area contributed by atoms with E-state index in [9.17, 15) is 0 Å². The third-order valence-electron chi connectivity index (χ3n) is 4.98. The number of anilines is 1. The van der Waals surface area contributed by atoms with E-state index < -0.39 is 0 Å². The molecule has 4 rings (SSSR count). The Kier molecular flexibility index (Phi) is 7.68. The van der Waals surface area contributed by atoms with E-state index in [0.717, 1.165) is 49.9 Å². The van der Waals surface area contributed by atoms with E-state index in [0.29, 0.717) is 12.6 Å². The van der Waals surface area contributed by atoms with E-state index in [2.05, 4.69) is 63.0 Å². The van der Waals surface area contributed by atoms with E-state index in [1.807, 2.05) is 28.8 Å². The molecule has 3 heterocycles. The van der Waals surface area contributed by atoms with Gasteiger partial charge in [0.15, 0.2) is 11.6 Å². The van der Waals surface area contributed by atoms with Crippen LogP contribution in [0.1, 0.15) is 19.2 Å². The fourth-order valence-corrected chi connectivity index (χ4v) is 3.59. The van der Waals surface area contributed by atoms with Crippen LogP contribution >= 0.6 is 24.0 Å². The van der Waals surface area contributed by atoms with Crippen molar-refractivity contribution in [1.29, 1.82) is 0 Å². The highest BCUT2D eigenvalue weighted by molar-refractivity contribution is 14.0. The van der Waals surface area contributed by atoms with Gasteiger partial charge in [-0.05, 0) is 37.6 Å². The van der Waals surface area contributed by atoms with Crippen molar-refractivity contribution in [2.75, 3.05) is 31.1 Å². The van der Waals surface area contributed by atoms with Gasteiger partial charge in [-0.25, -0.2) is 0 Å². The van der Waals surface area contributed by atoms with Gasteiger partial charge in [0.05, 0.1) is 0 Å². The third-order valence-corrected chi connectivity index (χ3v) is 4.98. The minimum absolute atomic E-state index is 0. The number of fused-ring (bicyclic) bond motifs is 1.